The highest BCUT2D eigenvalue weighted by atomic mass is 16.5. The highest BCUT2D eigenvalue weighted by molar-refractivity contribution is 5.43. The Hall–Kier alpha value is -2.00. The molecule has 0 aromatic heterocycles. The maximum atomic E-state index is 9.42. The summed E-state index contributed by atoms with van der Waals surface area (Å²) in [6.07, 6.45) is 1.28. The van der Waals surface area contributed by atoms with Crippen LogP contribution in [0.4, 0.5) is 0 Å². The molecule has 0 aliphatic rings. The van der Waals surface area contributed by atoms with E-state index in [1.807, 2.05) is 44.2 Å². The molecule has 0 saturated heterocycles. The Morgan fingerprint density at radius 3 is 2.52 bits per heavy atom. The van der Waals surface area contributed by atoms with Gasteiger partial charge in [-0.2, -0.15) is 0 Å². The molecule has 1 unspecified atom stereocenters. The second kappa shape index (κ2) is 8.59. The third-order valence-electron chi connectivity index (χ3n) is 3.80. The SMILES string of the molecule is CCOc1cc(CCC(C)O)ccc1OCc1ccccc1C. The average molecular weight is 314 g/mol. The minimum absolute atomic E-state index is 0.289. The van der Waals surface area contributed by atoms with E-state index in [1.165, 1.54) is 11.1 Å². The van der Waals surface area contributed by atoms with E-state index in [0.29, 0.717) is 13.2 Å². The predicted octanol–water partition coefficient (Wildman–Crippen LogP) is 4.29. The van der Waals surface area contributed by atoms with Crippen molar-refractivity contribution in [2.75, 3.05) is 6.61 Å². The van der Waals surface area contributed by atoms with E-state index >= 15 is 0 Å². The van der Waals surface area contributed by atoms with Gasteiger partial charge in [0.15, 0.2) is 11.5 Å². The van der Waals surface area contributed by atoms with Crippen molar-refractivity contribution in [1.29, 1.82) is 0 Å². The highest BCUT2D eigenvalue weighted by Gasteiger charge is 2.08. The molecule has 1 N–H and O–H groups in total. The van der Waals surface area contributed by atoms with Crippen LogP contribution >= 0.6 is 0 Å². The van der Waals surface area contributed by atoms with E-state index < -0.39 is 0 Å². The molecule has 2 aromatic carbocycles. The fraction of sp³-hybridized carbons (Fsp3) is 0.400. The lowest BCUT2D eigenvalue weighted by atomic mass is 10.1. The van der Waals surface area contributed by atoms with Gasteiger partial charge in [0.2, 0.25) is 0 Å². The number of benzene rings is 2. The van der Waals surface area contributed by atoms with E-state index in [4.69, 9.17) is 9.47 Å². The van der Waals surface area contributed by atoms with Crippen LogP contribution in [0.3, 0.4) is 0 Å². The highest BCUT2D eigenvalue weighted by Crippen LogP contribution is 2.30. The first-order valence-electron chi connectivity index (χ1n) is 8.21. The Morgan fingerprint density at radius 2 is 1.83 bits per heavy atom. The van der Waals surface area contributed by atoms with E-state index in [2.05, 4.69) is 19.1 Å². The molecule has 0 heterocycles. The molecule has 1 atom stereocenters. The molecular weight excluding hydrogens is 288 g/mol. The van der Waals surface area contributed by atoms with Gasteiger partial charge in [-0.25, -0.2) is 0 Å². The molecule has 2 rings (SSSR count). The number of aliphatic hydroxyl groups is 1. The fourth-order valence-corrected chi connectivity index (χ4v) is 2.40. The van der Waals surface area contributed by atoms with Gasteiger partial charge in [-0.1, -0.05) is 30.3 Å². The second-order valence-electron chi connectivity index (χ2n) is 5.82. The monoisotopic (exact) mass is 314 g/mol. The van der Waals surface area contributed by atoms with E-state index in [0.717, 1.165) is 29.9 Å². The smallest absolute Gasteiger partial charge is 0.161 e. The summed E-state index contributed by atoms with van der Waals surface area (Å²) in [6, 6.07) is 14.2. The summed E-state index contributed by atoms with van der Waals surface area (Å²) < 4.78 is 11.7. The number of ether oxygens (including phenoxy) is 2. The molecule has 23 heavy (non-hydrogen) atoms. The Balaban J connectivity index is 2.09. The Kier molecular flexibility index (Phi) is 6.48. The second-order valence-corrected chi connectivity index (χ2v) is 5.82. The maximum absolute atomic E-state index is 9.42. The van der Waals surface area contributed by atoms with Crippen LogP contribution < -0.4 is 9.47 Å². The van der Waals surface area contributed by atoms with Crippen LogP contribution in [0, 0.1) is 6.92 Å². The number of aryl methyl sites for hydroxylation is 2. The molecule has 0 amide bonds. The van der Waals surface area contributed by atoms with E-state index in [-0.39, 0.29) is 6.10 Å². The van der Waals surface area contributed by atoms with Crippen molar-refractivity contribution in [3.8, 4) is 11.5 Å². The Bertz CT molecular complexity index is 620. The van der Waals surface area contributed by atoms with Gasteiger partial charge in [-0.3, -0.25) is 0 Å². The first kappa shape index (κ1) is 17.4. The van der Waals surface area contributed by atoms with Crippen LogP contribution in [0.25, 0.3) is 0 Å². The van der Waals surface area contributed by atoms with Gasteiger partial charge >= 0.3 is 0 Å². The predicted molar refractivity (Wildman–Crippen MR) is 93.1 cm³/mol. The Morgan fingerprint density at radius 1 is 1.04 bits per heavy atom. The molecule has 124 valence electrons. The fourth-order valence-electron chi connectivity index (χ4n) is 2.40. The molecule has 0 spiro atoms. The zero-order chi connectivity index (χ0) is 16.7. The van der Waals surface area contributed by atoms with Gasteiger partial charge in [0.05, 0.1) is 12.7 Å². The lowest BCUT2D eigenvalue weighted by molar-refractivity contribution is 0.185. The molecule has 0 aliphatic heterocycles. The zero-order valence-corrected chi connectivity index (χ0v) is 14.2. The summed E-state index contributed by atoms with van der Waals surface area (Å²) in [5.74, 6) is 1.53. The van der Waals surface area contributed by atoms with Crippen molar-refractivity contribution in [2.24, 2.45) is 0 Å². The Labute approximate surface area is 138 Å². The van der Waals surface area contributed by atoms with Gasteiger partial charge in [-0.05, 0) is 62.4 Å². The van der Waals surface area contributed by atoms with Crippen molar-refractivity contribution < 1.29 is 14.6 Å². The molecule has 0 radical (unpaired) electrons. The van der Waals surface area contributed by atoms with Crippen molar-refractivity contribution in [1.82, 2.24) is 0 Å². The molecule has 3 nitrogen and oxygen atoms in total. The number of rotatable bonds is 8. The van der Waals surface area contributed by atoms with Crippen LogP contribution in [-0.4, -0.2) is 17.8 Å². The van der Waals surface area contributed by atoms with E-state index in [1.54, 1.807) is 0 Å². The number of aliphatic hydroxyl groups excluding tert-OH is 1. The summed E-state index contributed by atoms with van der Waals surface area (Å²) in [7, 11) is 0. The molecule has 3 heteroatoms. The molecular formula is C20H26O3. The summed E-state index contributed by atoms with van der Waals surface area (Å²) in [5.41, 5.74) is 3.55. The normalized spacial score (nSPS) is 12.0. The van der Waals surface area contributed by atoms with Crippen LogP contribution in [0.5, 0.6) is 11.5 Å². The van der Waals surface area contributed by atoms with Gasteiger partial charge in [0.1, 0.15) is 6.61 Å². The third-order valence-corrected chi connectivity index (χ3v) is 3.80. The van der Waals surface area contributed by atoms with E-state index in [9.17, 15) is 5.11 Å². The molecule has 0 aliphatic carbocycles. The average Bonchev–Trinajstić information content (AvgIpc) is 2.53. The first-order chi connectivity index (χ1) is 11.1. The summed E-state index contributed by atoms with van der Waals surface area (Å²) in [5, 5.41) is 9.42. The lowest BCUT2D eigenvalue weighted by Gasteiger charge is -2.14. The first-order valence-corrected chi connectivity index (χ1v) is 8.21. The van der Waals surface area contributed by atoms with Gasteiger partial charge in [-0.15, -0.1) is 0 Å². The van der Waals surface area contributed by atoms with Crippen LogP contribution in [0.2, 0.25) is 0 Å². The van der Waals surface area contributed by atoms with Crippen molar-refractivity contribution in [3.63, 3.8) is 0 Å². The largest absolute Gasteiger partial charge is 0.490 e. The van der Waals surface area contributed by atoms with Crippen molar-refractivity contribution >= 4 is 0 Å². The molecule has 0 saturated carbocycles. The maximum Gasteiger partial charge on any atom is 0.161 e. The topological polar surface area (TPSA) is 38.7 Å². The van der Waals surface area contributed by atoms with Gasteiger partial charge < -0.3 is 14.6 Å². The van der Waals surface area contributed by atoms with Crippen molar-refractivity contribution in [2.45, 2.75) is 46.3 Å². The zero-order valence-electron chi connectivity index (χ0n) is 14.2. The molecule has 2 aromatic rings. The van der Waals surface area contributed by atoms with Crippen LogP contribution in [0.1, 0.15) is 37.0 Å². The third kappa shape index (κ3) is 5.29. The molecule has 0 fully saturated rings. The van der Waals surface area contributed by atoms with Gasteiger partial charge in [0.25, 0.3) is 0 Å². The summed E-state index contributed by atoms with van der Waals surface area (Å²) in [6.45, 7) is 6.98. The summed E-state index contributed by atoms with van der Waals surface area (Å²) >= 11 is 0. The quantitative estimate of drug-likeness (QED) is 0.790. The lowest BCUT2D eigenvalue weighted by Crippen LogP contribution is -2.03. The minimum atomic E-state index is -0.289. The molecule has 0 bridgehead atoms. The number of hydrogen-bond acceptors (Lipinski definition) is 3. The standard InChI is InChI=1S/C20H26O3/c1-4-22-20-13-17(10-9-16(3)21)11-12-19(20)23-14-18-8-6-5-7-15(18)2/h5-8,11-13,16,21H,4,9-10,14H2,1-3H3. The van der Waals surface area contributed by atoms with Crippen LogP contribution in [-0.2, 0) is 13.0 Å². The van der Waals surface area contributed by atoms with Gasteiger partial charge in [0, 0.05) is 0 Å². The summed E-state index contributed by atoms with van der Waals surface area (Å²) in [4.78, 5) is 0. The minimum Gasteiger partial charge on any atom is -0.490 e. The number of hydrogen-bond donors (Lipinski definition) is 1. The van der Waals surface area contributed by atoms with Crippen LogP contribution in [0.15, 0.2) is 42.5 Å². The van der Waals surface area contributed by atoms with Crippen molar-refractivity contribution in [3.05, 3.63) is 59.2 Å².